The molecular weight excluding hydrogens is 377 g/mol. The molecule has 6 heteroatoms. The van der Waals surface area contributed by atoms with Crippen molar-refractivity contribution in [2.45, 2.75) is 26.7 Å². The molecule has 1 aromatic rings. The quantitative estimate of drug-likeness (QED) is 0.367. The first-order valence-corrected chi connectivity index (χ1v) is 7.97. The van der Waals surface area contributed by atoms with Crippen molar-refractivity contribution in [3.63, 3.8) is 0 Å². The van der Waals surface area contributed by atoms with Gasteiger partial charge in [0.25, 0.3) is 0 Å². The number of carbonyl (C=O) groups is 2. The maximum absolute atomic E-state index is 12.0. The van der Waals surface area contributed by atoms with Gasteiger partial charge in [-0.25, -0.2) is 0 Å². The largest absolute Gasteiger partial charge is 0.294 e. The third kappa shape index (κ3) is 9.27. The molecule has 0 fully saturated rings. The van der Waals surface area contributed by atoms with Crippen LogP contribution in [-0.4, -0.2) is 24.9 Å². The van der Waals surface area contributed by atoms with Crippen LogP contribution in [0.2, 0.25) is 0 Å². The van der Waals surface area contributed by atoms with E-state index in [0.29, 0.717) is 11.3 Å². The Balaban J connectivity index is 0.00000163. The minimum atomic E-state index is -0.138. The summed E-state index contributed by atoms with van der Waals surface area (Å²) in [5.74, 6) is -0.185. The van der Waals surface area contributed by atoms with E-state index in [1.807, 2.05) is 12.1 Å². The highest BCUT2D eigenvalue weighted by molar-refractivity contribution is 9.10. The first-order chi connectivity index (χ1) is 11.3. The van der Waals surface area contributed by atoms with Crippen LogP contribution in [0, 0.1) is 0 Å². The molecule has 4 nitrogen and oxygen atoms in total. The van der Waals surface area contributed by atoms with Crippen LogP contribution in [0.1, 0.15) is 37.0 Å². The summed E-state index contributed by atoms with van der Waals surface area (Å²) in [5.41, 5.74) is 1.74. The van der Waals surface area contributed by atoms with Crippen LogP contribution < -0.4 is 0 Å². The van der Waals surface area contributed by atoms with E-state index in [1.54, 1.807) is 38.3 Å². The molecule has 0 saturated heterocycles. The summed E-state index contributed by atoms with van der Waals surface area (Å²) in [7, 11) is 0.958. The Morgan fingerprint density at radius 3 is 2.29 bits per heavy atom. The third-order valence-corrected chi connectivity index (χ3v) is 3.26. The van der Waals surface area contributed by atoms with Gasteiger partial charge in [0.1, 0.15) is 5.70 Å². The van der Waals surface area contributed by atoms with Gasteiger partial charge in [0.05, 0.1) is 7.11 Å². The number of aliphatic imine (C=N–C) groups is 1. The molecular formula is C18H21BrFNO3. The van der Waals surface area contributed by atoms with Crippen LogP contribution >= 0.6 is 15.9 Å². The molecule has 1 rings (SSSR count). The van der Waals surface area contributed by atoms with Crippen LogP contribution in [0.25, 0.3) is 0 Å². The fourth-order valence-corrected chi connectivity index (χ4v) is 1.89. The second kappa shape index (κ2) is 12.5. The molecule has 24 heavy (non-hydrogen) atoms. The van der Waals surface area contributed by atoms with Gasteiger partial charge in [0.15, 0.2) is 11.6 Å². The molecule has 0 radical (unpaired) electrons. The van der Waals surface area contributed by atoms with Gasteiger partial charge in [-0.15, -0.1) is 0 Å². The van der Waals surface area contributed by atoms with E-state index >= 15 is 0 Å². The number of halogens is 2. The Morgan fingerprint density at radius 1 is 1.29 bits per heavy atom. The lowest BCUT2D eigenvalue weighted by Gasteiger charge is -2.02. The van der Waals surface area contributed by atoms with Crippen molar-refractivity contribution in [1.29, 1.82) is 0 Å². The Labute approximate surface area is 150 Å². The lowest BCUT2D eigenvalue weighted by Crippen LogP contribution is -2.06. The highest BCUT2D eigenvalue weighted by atomic mass is 79.9. The number of ketones is 2. The van der Waals surface area contributed by atoms with Crippen LogP contribution in [0.5, 0.6) is 0 Å². The minimum Gasteiger partial charge on any atom is -0.294 e. The summed E-state index contributed by atoms with van der Waals surface area (Å²) in [6, 6.07) is 7.10. The zero-order chi connectivity index (χ0) is 18.5. The van der Waals surface area contributed by atoms with Crippen molar-refractivity contribution in [3.8, 4) is 0 Å². The van der Waals surface area contributed by atoms with Gasteiger partial charge in [0.2, 0.25) is 0 Å². The fourth-order valence-electron chi connectivity index (χ4n) is 1.62. The van der Waals surface area contributed by atoms with Crippen molar-refractivity contribution >= 4 is 33.7 Å². The number of hydrogen-bond acceptors (Lipinski definition) is 4. The summed E-state index contributed by atoms with van der Waals surface area (Å²) in [5, 5.41) is 0. The zero-order valence-corrected chi connectivity index (χ0v) is 15.6. The monoisotopic (exact) mass is 397 g/mol. The van der Waals surface area contributed by atoms with E-state index in [1.165, 1.54) is 0 Å². The molecule has 0 bridgehead atoms. The molecule has 1 aromatic carbocycles. The Kier molecular flexibility index (Phi) is 11.5. The van der Waals surface area contributed by atoms with Gasteiger partial charge in [-0.1, -0.05) is 40.7 Å². The molecule has 0 unspecified atom stereocenters. The highest BCUT2D eigenvalue weighted by Gasteiger charge is 2.12. The molecule has 0 aliphatic carbocycles. The van der Waals surface area contributed by atoms with Gasteiger partial charge in [-0.3, -0.25) is 14.6 Å². The number of allylic oxidation sites excluding steroid dienone is 3. The summed E-state index contributed by atoms with van der Waals surface area (Å²) in [6.07, 6.45) is 3.53. The summed E-state index contributed by atoms with van der Waals surface area (Å²) in [6.45, 7) is 7.25. The van der Waals surface area contributed by atoms with E-state index in [4.69, 9.17) is 0 Å². The molecule has 0 spiro atoms. The van der Waals surface area contributed by atoms with Crippen molar-refractivity contribution < 1.29 is 19.1 Å². The molecule has 130 valence electrons. The second-order valence-corrected chi connectivity index (χ2v) is 5.70. The summed E-state index contributed by atoms with van der Waals surface area (Å²) < 4.78 is 10.7. The first-order valence-electron chi connectivity index (χ1n) is 7.18. The van der Waals surface area contributed by atoms with Gasteiger partial charge in [-0.2, -0.15) is 4.94 Å². The Hall–Kier alpha value is -1.92. The molecule has 0 aliphatic rings. The number of Topliss-reactive ketones (excluding diaryl/α,β-unsaturated/α-hetero) is 2. The lowest BCUT2D eigenvalue weighted by molar-refractivity contribution is -0.115. The molecule has 0 saturated carbocycles. The molecule has 0 heterocycles. The lowest BCUT2D eigenvalue weighted by atomic mass is 10.0. The predicted molar refractivity (Wildman–Crippen MR) is 97.9 cm³/mol. The third-order valence-electron chi connectivity index (χ3n) is 2.73. The van der Waals surface area contributed by atoms with Crippen molar-refractivity contribution in [3.05, 3.63) is 58.2 Å². The van der Waals surface area contributed by atoms with Crippen molar-refractivity contribution in [2.24, 2.45) is 4.99 Å². The fraction of sp³-hybridized carbons (Fsp3) is 0.278. The molecule has 0 aromatic heterocycles. The standard InChI is InChI=1S/C17H18BrNO2.CH3FO/c1-4-15(19-11-12(2)3)17(21)10-9-16(20)13-5-7-14(18)8-6-13;1-3-2/h4-8,11H,2,9-10H2,1,3H3;1H3/b15-4-,19-11?;. The van der Waals surface area contributed by atoms with Gasteiger partial charge < -0.3 is 0 Å². The van der Waals surface area contributed by atoms with Crippen LogP contribution in [-0.2, 0) is 9.74 Å². The van der Waals surface area contributed by atoms with E-state index in [-0.39, 0.29) is 24.4 Å². The van der Waals surface area contributed by atoms with E-state index in [9.17, 15) is 14.1 Å². The predicted octanol–water partition coefficient (Wildman–Crippen LogP) is 5.05. The van der Waals surface area contributed by atoms with Gasteiger partial charge in [0, 0.05) is 29.1 Å². The van der Waals surface area contributed by atoms with Crippen LogP contribution in [0.3, 0.4) is 0 Å². The number of nitrogens with zero attached hydrogens (tertiary/aromatic N) is 1. The maximum Gasteiger partial charge on any atom is 0.181 e. The number of carbonyl (C=O) groups excluding carboxylic acids is 2. The maximum atomic E-state index is 12.0. The van der Waals surface area contributed by atoms with Crippen LogP contribution in [0.15, 0.2) is 57.7 Å². The second-order valence-electron chi connectivity index (χ2n) is 4.79. The Bertz CT molecular complexity index is 622. The van der Waals surface area contributed by atoms with E-state index in [2.05, 4.69) is 32.4 Å². The molecule has 0 atom stereocenters. The molecule has 0 aliphatic heterocycles. The highest BCUT2D eigenvalue weighted by Crippen LogP contribution is 2.13. The van der Waals surface area contributed by atoms with E-state index in [0.717, 1.165) is 17.2 Å². The molecule has 0 N–H and O–H groups in total. The summed E-state index contributed by atoms with van der Waals surface area (Å²) >= 11 is 3.32. The van der Waals surface area contributed by atoms with Gasteiger partial charge >= 0.3 is 0 Å². The normalized spacial score (nSPS) is 11.0. The summed E-state index contributed by atoms with van der Waals surface area (Å²) in [4.78, 5) is 30.8. The zero-order valence-electron chi connectivity index (χ0n) is 14.0. The number of benzene rings is 1. The average Bonchev–Trinajstić information content (AvgIpc) is 2.54. The average molecular weight is 398 g/mol. The van der Waals surface area contributed by atoms with Gasteiger partial charge in [-0.05, 0) is 36.1 Å². The first kappa shape index (κ1) is 22.1. The Morgan fingerprint density at radius 2 is 1.83 bits per heavy atom. The molecule has 0 amide bonds. The topological polar surface area (TPSA) is 55.7 Å². The minimum absolute atomic E-state index is 0.0461. The SMILES string of the molecule is C=C(C)C=N/C(=C\C)C(=O)CCC(=O)c1ccc(Br)cc1.COF. The van der Waals surface area contributed by atoms with Crippen LogP contribution in [0.4, 0.5) is 4.53 Å². The smallest absolute Gasteiger partial charge is 0.181 e. The van der Waals surface area contributed by atoms with E-state index < -0.39 is 0 Å². The van der Waals surface area contributed by atoms with Crippen molar-refractivity contribution in [1.82, 2.24) is 0 Å². The number of hydrogen-bond donors (Lipinski definition) is 0. The van der Waals surface area contributed by atoms with Crippen molar-refractivity contribution in [2.75, 3.05) is 7.11 Å². The number of rotatable bonds is 7.